The van der Waals surface area contributed by atoms with E-state index in [0.29, 0.717) is 30.5 Å². The van der Waals surface area contributed by atoms with E-state index in [-0.39, 0.29) is 12.5 Å². The molecule has 0 saturated heterocycles. The van der Waals surface area contributed by atoms with Gasteiger partial charge >= 0.3 is 0 Å². The van der Waals surface area contributed by atoms with Crippen molar-refractivity contribution in [2.24, 2.45) is 0 Å². The number of nitrogens with one attached hydrogen (secondary N) is 1. The summed E-state index contributed by atoms with van der Waals surface area (Å²) >= 11 is 0. The number of carbonyl (C=O) groups is 1. The monoisotopic (exact) mass is 275 g/mol. The van der Waals surface area contributed by atoms with E-state index in [1.807, 2.05) is 31.2 Å². The van der Waals surface area contributed by atoms with E-state index in [1.54, 1.807) is 6.92 Å². The number of ether oxygens (including phenoxy) is 1. The molecule has 1 amide bonds. The van der Waals surface area contributed by atoms with Gasteiger partial charge in [0.15, 0.2) is 6.61 Å². The summed E-state index contributed by atoms with van der Waals surface area (Å²) in [6.45, 7) is 4.16. The number of nitrogens with zero attached hydrogens (tertiary/aromatic N) is 2. The maximum atomic E-state index is 11.6. The first-order valence-electron chi connectivity index (χ1n) is 6.38. The van der Waals surface area contributed by atoms with Crippen LogP contribution in [0.2, 0.25) is 0 Å². The molecule has 0 aliphatic rings. The zero-order chi connectivity index (χ0) is 14.4. The zero-order valence-corrected chi connectivity index (χ0v) is 11.5. The normalized spacial score (nSPS) is 10.3. The number of carbonyl (C=O) groups excluding carboxylic acids is 1. The van der Waals surface area contributed by atoms with Gasteiger partial charge in [-0.25, -0.2) is 0 Å². The lowest BCUT2D eigenvalue weighted by atomic mass is 10.2. The molecule has 0 spiro atoms. The average Bonchev–Trinajstić information content (AvgIpc) is 2.84. The lowest BCUT2D eigenvalue weighted by Crippen LogP contribution is -2.30. The molecule has 0 saturated carbocycles. The van der Waals surface area contributed by atoms with Crippen molar-refractivity contribution in [3.63, 3.8) is 0 Å². The highest BCUT2D eigenvalue weighted by Crippen LogP contribution is 2.10. The van der Waals surface area contributed by atoms with Gasteiger partial charge in [0.1, 0.15) is 5.75 Å². The van der Waals surface area contributed by atoms with Crippen LogP contribution < -0.4 is 10.1 Å². The Morgan fingerprint density at radius 3 is 2.65 bits per heavy atom. The van der Waals surface area contributed by atoms with E-state index in [4.69, 9.17) is 9.15 Å². The van der Waals surface area contributed by atoms with E-state index < -0.39 is 0 Å². The predicted molar refractivity (Wildman–Crippen MR) is 72.4 cm³/mol. The predicted octanol–water partition coefficient (Wildman–Crippen LogP) is 1.42. The van der Waals surface area contributed by atoms with Crippen LogP contribution in [-0.4, -0.2) is 29.3 Å². The molecule has 0 atom stereocenters. The fraction of sp³-hybridized carbons (Fsp3) is 0.357. The highest BCUT2D eigenvalue weighted by molar-refractivity contribution is 5.77. The third kappa shape index (κ3) is 4.38. The van der Waals surface area contributed by atoms with Gasteiger partial charge in [-0.15, -0.1) is 10.2 Å². The quantitative estimate of drug-likeness (QED) is 0.862. The number of rotatable bonds is 6. The van der Waals surface area contributed by atoms with Crippen molar-refractivity contribution in [3.8, 4) is 5.75 Å². The summed E-state index contributed by atoms with van der Waals surface area (Å²) in [6, 6.07) is 7.55. The Bertz CT molecular complexity index is 563. The van der Waals surface area contributed by atoms with Crippen LogP contribution in [0, 0.1) is 13.8 Å². The topological polar surface area (TPSA) is 77.2 Å². The van der Waals surface area contributed by atoms with Gasteiger partial charge < -0.3 is 14.5 Å². The molecule has 0 bridgehead atoms. The van der Waals surface area contributed by atoms with Crippen molar-refractivity contribution in [1.82, 2.24) is 15.5 Å². The molecule has 2 aromatic rings. The van der Waals surface area contributed by atoms with E-state index >= 15 is 0 Å². The Morgan fingerprint density at radius 2 is 2.00 bits per heavy atom. The van der Waals surface area contributed by atoms with Crippen molar-refractivity contribution in [2.45, 2.75) is 20.3 Å². The Labute approximate surface area is 117 Å². The third-order valence-electron chi connectivity index (χ3n) is 2.62. The van der Waals surface area contributed by atoms with Crippen molar-refractivity contribution >= 4 is 5.91 Å². The maximum Gasteiger partial charge on any atom is 0.257 e. The van der Waals surface area contributed by atoms with Crippen LogP contribution in [0.3, 0.4) is 0 Å². The highest BCUT2D eigenvalue weighted by Gasteiger charge is 2.05. The first-order chi connectivity index (χ1) is 9.63. The van der Waals surface area contributed by atoms with Crippen LogP contribution in [-0.2, 0) is 11.2 Å². The van der Waals surface area contributed by atoms with Crippen LogP contribution in [0.4, 0.5) is 0 Å². The van der Waals surface area contributed by atoms with Gasteiger partial charge in [0.25, 0.3) is 5.91 Å². The van der Waals surface area contributed by atoms with Crippen LogP contribution in [0.25, 0.3) is 0 Å². The lowest BCUT2D eigenvalue weighted by molar-refractivity contribution is -0.123. The molecule has 1 N–H and O–H groups in total. The molecule has 20 heavy (non-hydrogen) atoms. The lowest BCUT2D eigenvalue weighted by Gasteiger charge is -2.06. The Hall–Kier alpha value is -2.37. The maximum absolute atomic E-state index is 11.6. The highest BCUT2D eigenvalue weighted by atomic mass is 16.5. The van der Waals surface area contributed by atoms with Gasteiger partial charge in [-0.3, -0.25) is 4.79 Å². The van der Waals surface area contributed by atoms with Gasteiger partial charge in [0.2, 0.25) is 11.8 Å². The fourth-order valence-electron chi connectivity index (χ4n) is 1.58. The summed E-state index contributed by atoms with van der Waals surface area (Å²) in [5.41, 5.74) is 1.15. The fourth-order valence-corrected chi connectivity index (χ4v) is 1.58. The molecule has 106 valence electrons. The first-order valence-corrected chi connectivity index (χ1v) is 6.38. The van der Waals surface area contributed by atoms with Crippen LogP contribution in [0.1, 0.15) is 17.3 Å². The Balaban J connectivity index is 1.66. The standard InChI is InChI=1S/C14H17N3O3/c1-10-3-5-12(6-4-10)19-9-13(18)15-8-7-14-17-16-11(2)20-14/h3-6H,7-9H2,1-2H3,(H,15,18). The summed E-state index contributed by atoms with van der Waals surface area (Å²) < 4.78 is 10.6. The number of hydrogen-bond donors (Lipinski definition) is 1. The molecule has 6 nitrogen and oxygen atoms in total. The average molecular weight is 275 g/mol. The van der Waals surface area contributed by atoms with E-state index in [9.17, 15) is 4.79 Å². The van der Waals surface area contributed by atoms with Crippen molar-refractivity contribution in [1.29, 1.82) is 0 Å². The molecular weight excluding hydrogens is 258 g/mol. The minimum atomic E-state index is -0.179. The number of benzene rings is 1. The molecular formula is C14H17N3O3. The third-order valence-corrected chi connectivity index (χ3v) is 2.62. The van der Waals surface area contributed by atoms with Gasteiger partial charge in [0, 0.05) is 19.9 Å². The smallest absolute Gasteiger partial charge is 0.257 e. The molecule has 0 unspecified atom stereocenters. The Kier molecular flexibility index (Phi) is 4.70. The molecule has 1 heterocycles. The summed E-state index contributed by atoms with van der Waals surface area (Å²) in [5, 5.41) is 10.3. The summed E-state index contributed by atoms with van der Waals surface area (Å²) in [6.07, 6.45) is 0.511. The molecule has 1 aromatic heterocycles. The molecule has 1 aromatic carbocycles. The zero-order valence-electron chi connectivity index (χ0n) is 11.5. The molecule has 0 aliphatic heterocycles. The second-order valence-electron chi connectivity index (χ2n) is 4.42. The van der Waals surface area contributed by atoms with Gasteiger partial charge in [-0.1, -0.05) is 17.7 Å². The molecule has 6 heteroatoms. The number of amides is 1. The van der Waals surface area contributed by atoms with Crippen LogP contribution >= 0.6 is 0 Å². The minimum absolute atomic E-state index is 0.00801. The van der Waals surface area contributed by atoms with Crippen LogP contribution in [0.5, 0.6) is 5.75 Å². The molecule has 0 radical (unpaired) electrons. The number of hydrogen-bond acceptors (Lipinski definition) is 5. The molecule has 0 aliphatic carbocycles. The van der Waals surface area contributed by atoms with E-state index in [0.717, 1.165) is 5.56 Å². The van der Waals surface area contributed by atoms with Crippen molar-refractivity contribution < 1.29 is 13.9 Å². The summed E-state index contributed by atoms with van der Waals surface area (Å²) in [5.74, 6) is 1.54. The van der Waals surface area contributed by atoms with Crippen molar-refractivity contribution in [3.05, 3.63) is 41.6 Å². The van der Waals surface area contributed by atoms with Gasteiger partial charge in [0.05, 0.1) is 0 Å². The largest absolute Gasteiger partial charge is 0.484 e. The van der Waals surface area contributed by atoms with Gasteiger partial charge in [-0.05, 0) is 19.1 Å². The van der Waals surface area contributed by atoms with E-state index in [1.165, 1.54) is 0 Å². The first kappa shape index (κ1) is 14.0. The summed E-state index contributed by atoms with van der Waals surface area (Å²) in [4.78, 5) is 11.6. The van der Waals surface area contributed by atoms with Crippen molar-refractivity contribution in [2.75, 3.05) is 13.2 Å². The molecule has 2 rings (SSSR count). The second-order valence-corrected chi connectivity index (χ2v) is 4.42. The minimum Gasteiger partial charge on any atom is -0.484 e. The second kappa shape index (κ2) is 6.70. The van der Waals surface area contributed by atoms with E-state index in [2.05, 4.69) is 15.5 Å². The van der Waals surface area contributed by atoms with Crippen LogP contribution in [0.15, 0.2) is 28.7 Å². The molecule has 0 fully saturated rings. The van der Waals surface area contributed by atoms with Gasteiger partial charge in [-0.2, -0.15) is 0 Å². The SMILES string of the molecule is Cc1ccc(OCC(=O)NCCc2nnc(C)o2)cc1. The number of aryl methyl sites for hydroxylation is 2. The number of aromatic nitrogens is 2. The summed E-state index contributed by atoms with van der Waals surface area (Å²) in [7, 11) is 0. The Morgan fingerprint density at radius 1 is 1.25 bits per heavy atom.